The molecule has 0 spiro atoms. The van der Waals surface area contributed by atoms with Gasteiger partial charge in [0.1, 0.15) is 0 Å². The zero-order valence-corrected chi connectivity index (χ0v) is 25.3. The average molecular weight is 562 g/mol. The van der Waals surface area contributed by atoms with Gasteiger partial charge in [0, 0.05) is 26.0 Å². The monoisotopic (exact) mass is 561 g/mol. The SMILES string of the molecule is C=C/C=C/C(C)=C/C=C/C[C@@H](C/C=C/C=C/CCC)NC(=O)/C=C/C=C/C(C)=C/[C@H](OC(C)=O)[C@@H](C=C)OC(C)=O. The van der Waals surface area contributed by atoms with E-state index in [-0.39, 0.29) is 11.9 Å². The molecule has 0 heterocycles. The lowest BCUT2D eigenvalue weighted by Crippen LogP contribution is -2.32. The molecule has 0 aliphatic carbocycles. The molecule has 222 valence electrons. The molecular formula is C35H47NO5. The number of carbonyl (C=O) groups is 3. The number of hydrogen-bond acceptors (Lipinski definition) is 5. The average Bonchev–Trinajstić information content (AvgIpc) is 2.91. The van der Waals surface area contributed by atoms with Crippen LogP contribution >= 0.6 is 0 Å². The Hall–Kier alpha value is -4.19. The van der Waals surface area contributed by atoms with Gasteiger partial charge in [0.15, 0.2) is 12.2 Å². The van der Waals surface area contributed by atoms with E-state index in [1.165, 1.54) is 26.0 Å². The van der Waals surface area contributed by atoms with E-state index in [0.29, 0.717) is 12.8 Å². The summed E-state index contributed by atoms with van der Waals surface area (Å²) >= 11 is 0. The van der Waals surface area contributed by atoms with E-state index >= 15 is 0 Å². The third-order valence-electron chi connectivity index (χ3n) is 5.32. The molecule has 0 aliphatic heterocycles. The van der Waals surface area contributed by atoms with Crippen LogP contribution in [-0.2, 0) is 23.9 Å². The highest BCUT2D eigenvalue weighted by Crippen LogP contribution is 2.12. The van der Waals surface area contributed by atoms with E-state index in [9.17, 15) is 14.4 Å². The molecule has 1 N–H and O–H groups in total. The summed E-state index contributed by atoms with van der Waals surface area (Å²) < 4.78 is 10.5. The van der Waals surface area contributed by atoms with Crippen LogP contribution in [-0.4, -0.2) is 36.1 Å². The third kappa shape index (κ3) is 21.3. The highest BCUT2D eigenvalue weighted by Gasteiger charge is 2.22. The maximum Gasteiger partial charge on any atom is 0.303 e. The van der Waals surface area contributed by atoms with Crippen LogP contribution in [0, 0.1) is 0 Å². The van der Waals surface area contributed by atoms with Crippen LogP contribution in [0.2, 0.25) is 0 Å². The van der Waals surface area contributed by atoms with E-state index in [2.05, 4.69) is 37.6 Å². The number of amides is 1. The summed E-state index contributed by atoms with van der Waals surface area (Å²) in [6.45, 7) is 15.8. The second kappa shape index (κ2) is 23.7. The van der Waals surface area contributed by atoms with Gasteiger partial charge in [0.05, 0.1) is 0 Å². The summed E-state index contributed by atoms with van der Waals surface area (Å²) in [6.07, 6.45) is 31.4. The summed E-state index contributed by atoms with van der Waals surface area (Å²) in [5, 5.41) is 3.06. The molecule has 0 unspecified atom stereocenters. The predicted molar refractivity (Wildman–Crippen MR) is 170 cm³/mol. The second-order valence-corrected chi connectivity index (χ2v) is 9.27. The molecule has 6 heteroatoms. The number of unbranched alkanes of at least 4 members (excludes halogenated alkanes) is 1. The zero-order chi connectivity index (χ0) is 30.9. The number of ether oxygens (including phenoxy) is 2. The van der Waals surface area contributed by atoms with Crippen molar-refractivity contribution in [3.05, 3.63) is 122 Å². The summed E-state index contributed by atoms with van der Waals surface area (Å²) in [6, 6.07) is -0.0659. The van der Waals surface area contributed by atoms with Crippen LogP contribution < -0.4 is 5.32 Å². The minimum Gasteiger partial charge on any atom is -0.454 e. The lowest BCUT2D eigenvalue weighted by molar-refractivity contribution is -0.158. The van der Waals surface area contributed by atoms with Crippen molar-refractivity contribution in [2.45, 2.75) is 78.6 Å². The molecule has 41 heavy (non-hydrogen) atoms. The molecule has 0 aromatic rings. The number of allylic oxidation sites excluding steroid dienone is 13. The van der Waals surface area contributed by atoms with Crippen molar-refractivity contribution >= 4 is 17.8 Å². The first-order valence-corrected chi connectivity index (χ1v) is 13.9. The van der Waals surface area contributed by atoms with Crippen LogP contribution in [0.15, 0.2) is 122 Å². The minimum absolute atomic E-state index is 0.0659. The quantitative estimate of drug-likeness (QED) is 0.0763. The first kappa shape index (κ1) is 36.8. The largest absolute Gasteiger partial charge is 0.454 e. The Morgan fingerprint density at radius 3 is 1.93 bits per heavy atom. The predicted octanol–water partition coefficient (Wildman–Crippen LogP) is 7.52. The second-order valence-electron chi connectivity index (χ2n) is 9.27. The number of rotatable bonds is 19. The van der Waals surface area contributed by atoms with Crippen molar-refractivity contribution in [2.24, 2.45) is 0 Å². The first-order chi connectivity index (χ1) is 19.6. The normalized spacial score (nSPS) is 15.2. The molecule has 3 atom stereocenters. The standard InChI is InChI=1S/C35H47NO5/c1-8-11-13-14-15-16-24-32(25-19-17-22-28(4)21-12-9-2)36-35(39)26-20-18-23-29(5)27-34(41-31(7)38)33(10-3)40-30(6)37/h9-10,12-23,26-27,32-34H,2-3,8,11,24-25H2,1,4-7H3,(H,36,39)/b14-13+,16-15+,19-17+,21-12+,23-18+,26-20+,28-22+,29-27+/t32-,33-,34+/m1/s1. The van der Waals surface area contributed by atoms with E-state index in [1.807, 2.05) is 56.4 Å². The van der Waals surface area contributed by atoms with Gasteiger partial charge in [-0.15, -0.1) is 0 Å². The van der Waals surface area contributed by atoms with Gasteiger partial charge in [-0.1, -0.05) is 117 Å². The van der Waals surface area contributed by atoms with E-state index in [0.717, 1.165) is 24.0 Å². The lowest BCUT2D eigenvalue weighted by atomic mass is 10.1. The van der Waals surface area contributed by atoms with Crippen molar-refractivity contribution in [2.75, 3.05) is 0 Å². The summed E-state index contributed by atoms with van der Waals surface area (Å²) in [4.78, 5) is 35.5. The number of nitrogens with one attached hydrogen (secondary N) is 1. The van der Waals surface area contributed by atoms with Crippen LogP contribution in [0.5, 0.6) is 0 Å². The third-order valence-corrected chi connectivity index (χ3v) is 5.32. The Balaban J connectivity index is 5.36. The number of carbonyl (C=O) groups excluding carboxylic acids is 3. The van der Waals surface area contributed by atoms with Gasteiger partial charge in [0.25, 0.3) is 0 Å². The molecule has 0 aromatic carbocycles. The summed E-state index contributed by atoms with van der Waals surface area (Å²) in [5.74, 6) is -1.22. The van der Waals surface area contributed by atoms with Crippen molar-refractivity contribution in [3.8, 4) is 0 Å². The van der Waals surface area contributed by atoms with Gasteiger partial charge in [-0.05, 0) is 45.3 Å². The molecule has 1 amide bonds. The molecule has 0 bridgehead atoms. The Morgan fingerprint density at radius 2 is 1.32 bits per heavy atom. The molecule has 0 saturated carbocycles. The zero-order valence-electron chi connectivity index (χ0n) is 25.3. The lowest BCUT2D eigenvalue weighted by Gasteiger charge is -2.21. The van der Waals surface area contributed by atoms with Crippen LogP contribution in [0.25, 0.3) is 0 Å². The first-order valence-electron chi connectivity index (χ1n) is 13.9. The minimum atomic E-state index is -0.818. The van der Waals surface area contributed by atoms with Crippen molar-refractivity contribution < 1.29 is 23.9 Å². The molecular weight excluding hydrogens is 514 g/mol. The van der Waals surface area contributed by atoms with Crippen LogP contribution in [0.1, 0.15) is 60.3 Å². The Morgan fingerprint density at radius 1 is 0.732 bits per heavy atom. The smallest absolute Gasteiger partial charge is 0.303 e. The Labute approximate surface area is 247 Å². The van der Waals surface area contributed by atoms with Crippen molar-refractivity contribution in [1.29, 1.82) is 0 Å². The van der Waals surface area contributed by atoms with E-state index in [1.54, 1.807) is 30.4 Å². The number of esters is 2. The van der Waals surface area contributed by atoms with Gasteiger partial charge >= 0.3 is 11.9 Å². The highest BCUT2D eigenvalue weighted by molar-refractivity contribution is 5.88. The molecule has 6 nitrogen and oxygen atoms in total. The maximum absolute atomic E-state index is 12.6. The van der Waals surface area contributed by atoms with Gasteiger partial charge in [0.2, 0.25) is 5.91 Å². The maximum atomic E-state index is 12.6. The molecule has 0 radical (unpaired) electrons. The topological polar surface area (TPSA) is 81.7 Å². The molecule has 0 rings (SSSR count). The van der Waals surface area contributed by atoms with Gasteiger partial charge in [-0.2, -0.15) is 0 Å². The fraction of sp³-hybridized carbons (Fsp3) is 0.343. The molecule has 0 aliphatic rings. The van der Waals surface area contributed by atoms with Gasteiger partial charge in [-0.25, -0.2) is 0 Å². The Kier molecular flexibility index (Phi) is 21.3. The number of hydrogen-bond donors (Lipinski definition) is 1. The van der Waals surface area contributed by atoms with Crippen molar-refractivity contribution in [1.82, 2.24) is 5.32 Å². The highest BCUT2D eigenvalue weighted by atomic mass is 16.6. The summed E-state index contributed by atoms with van der Waals surface area (Å²) in [7, 11) is 0. The summed E-state index contributed by atoms with van der Waals surface area (Å²) in [5.41, 5.74) is 1.85. The molecule has 0 fully saturated rings. The van der Waals surface area contributed by atoms with Crippen molar-refractivity contribution in [3.63, 3.8) is 0 Å². The molecule has 0 aromatic heterocycles. The Bertz CT molecular complexity index is 1080. The van der Waals surface area contributed by atoms with Crippen LogP contribution in [0.3, 0.4) is 0 Å². The fourth-order valence-electron chi connectivity index (χ4n) is 3.36. The van der Waals surface area contributed by atoms with E-state index < -0.39 is 24.1 Å². The van der Waals surface area contributed by atoms with Gasteiger partial charge < -0.3 is 14.8 Å². The van der Waals surface area contributed by atoms with Gasteiger partial charge in [-0.3, -0.25) is 14.4 Å². The van der Waals surface area contributed by atoms with E-state index in [4.69, 9.17) is 9.47 Å². The van der Waals surface area contributed by atoms with Crippen LogP contribution in [0.4, 0.5) is 0 Å². The molecule has 0 saturated heterocycles. The fourth-order valence-corrected chi connectivity index (χ4v) is 3.36.